The van der Waals surface area contributed by atoms with Gasteiger partial charge >= 0.3 is 5.97 Å². The molecule has 1 aliphatic heterocycles. The number of rotatable bonds is 70. The zero-order valence-corrected chi connectivity index (χ0v) is 60.9. The zero-order valence-electron chi connectivity index (χ0n) is 60.9. The van der Waals surface area contributed by atoms with Gasteiger partial charge in [0.2, 0.25) is 5.91 Å². The van der Waals surface area contributed by atoms with Gasteiger partial charge in [-0.25, -0.2) is 0 Å². The van der Waals surface area contributed by atoms with E-state index in [0.29, 0.717) is 19.4 Å². The fourth-order valence-electron chi connectivity index (χ4n) is 12.2. The number of nitrogens with one attached hydrogen (secondary N) is 1. The molecule has 0 aromatic rings. The standard InChI is InChI=1S/C83H149NO10/c1-3-5-7-9-11-13-15-17-43-47-51-55-59-63-67-71-79(88)92-72-68-64-60-56-52-48-45-42-40-38-36-34-32-30-28-26-24-22-20-18-19-21-23-25-27-29-31-33-35-37-39-41-44-46-50-54-58-62-66-70-78(87)84-75(74-93-83-82(91)81(90)80(89)77(73-85)94-83)76(86)69-65-61-57-53-49-16-14-12-10-8-6-4-2/h10-13,17-19,22,24,43,49,53,65,69,75-77,80-83,85-86,89-91H,3-9,14-16,20-21,23,25-42,44-48,50-52,54-64,66-68,70-74H2,1-2H3,(H,84,87)/b12-10+,13-11-,19-18-,24-22-,43-17-,53-49+,69-65+. The Morgan fingerprint density at radius 1 is 0.394 bits per heavy atom. The Bertz CT molecular complexity index is 1840. The Hall–Kier alpha value is -3.16. The molecule has 0 aliphatic carbocycles. The van der Waals surface area contributed by atoms with E-state index < -0.39 is 49.5 Å². The Balaban J connectivity index is 1.90. The molecule has 7 atom stereocenters. The molecule has 11 heteroatoms. The van der Waals surface area contributed by atoms with Gasteiger partial charge in [-0.2, -0.15) is 0 Å². The van der Waals surface area contributed by atoms with Gasteiger partial charge in [-0.05, 0) is 116 Å². The molecule has 0 bridgehead atoms. The van der Waals surface area contributed by atoms with Gasteiger partial charge in [0.05, 0.1) is 32.0 Å². The summed E-state index contributed by atoms with van der Waals surface area (Å²) in [6.45, 7) is 4.27. The number of hydrogen-bond donors (Lipinski definition) is 6. The molecule has 6 N–H and O–H groups in total. The van der Waals surface area contributed by atoms with Crippen LogP contribution in [0.25, 0.3) is 0 Å². The molecule has 546 valence electrons. The molecule has 7 unspecified atom stereocenters. The van der Waals surface area contributed by atoms with E-state index in [1.807, 2.05) is 6.08 Å². The van der Waals surface area contributed by atoms with Crippen molar-refractivity contribution in [2.24, 2.45) is 0 Å². The second kappa shape index (κ2) is 71.1. The third-order valence-corrected chi connectivity index (χ3v) is 18.4. The number of amides is 1. The number of hydrogen-bond acceptors (Lipinski definition) is 10. The molecular weight excluding hydrogens is 1170 g/mol. The average Bonchev–Trinajstić information content (AvgIpc) is 0.832. The summed E-state index contributed by atoms with van der Waals surface area (Å²) in [5.41, 5.74) is 0. The molecule has 0 aromatic heterocycles. The van der Waals surface area contributed by atoms with Crippen molar-refractivity contribution < 1.29 is 49.3 Å². The lowest BCUT2D eigenvalue weighted by Crippen LogP contribution is -2.60. The molecule has 0 saturated carbocycles. The van der Waals surface area contributed by atoms with Gasteiger partial charge in [-0.3, -0.25) is 9.59 Å². The minimum atomic E-state index is -1.58. The average molecular weight is 1320 g/mol. The fraction of sp³-hybridized carbons (Fsp3) is 0.807. The Kier molecular flexibility index (Phi) is 67.2. The third kappa shape index (κ3) is 58.9. The lowest BCUT2D eigenvalue weighted by Gasteiger charge is -2.40. The Morgan fingerprint density at radius 2 is 0.734 bits per heavy atom. The predicted octanol–water partition coefficient (Wildman–Crippen LogP) is 21.6. The van der Waals surface area contributed by atoms with E-state index in [0.717, 1.165) is 83.5 Å². The summed E-state index contributed by atoms with van der Waals surface area (Å²) in [7, 11) is 0. The van der Waals surface area contributed by atoms with E-state index in [-0.39, 0.29) is 18.5 Å². The van der Waals surface area contributed by atoms with Gasteiger partial charge in [0, 0.05) is 12.8 Å². The van der Waals surface area contributed by atoms with E-state index in [1.54, 1.807) is 6.08 Å². The summed E-state index contributed by atoms with van der Waals surface area (Å²) in [5.74, 6) is -0.194. The quantitative estimate of drug-likeness (QED) is 0.0195. The van der Waals surface area contributed by atoms with Crippen LogP contribution in [0, 0.1) is 0 Å². The number of carbonyl (C=O) groups is 2. The maximum absolute atomic E-state index is 13.1. The number of unbranched alkanes of at least 4 members (excludes halogenated alkanes) is 44. The molecule has 1 fully saturated rings. The van der Waals surface area contributed by atoms with Crippen molar-refractivity contribution in [2.75, 3.05) is 19.8 Å². The van der Waals surface area contributed by atoms with Crippen LogP contribution >= 0.6 is 0 Å². The first-order valence-electron chi connectivity index (χ1n) is 39.9. The van der Waals surface area contributed by atoms with Crippen LogP contribution in [0.2, 0.25) is 0 Å². The minimum absolute atomic E-state index is 0.0000195. The molecular formula is C83H149NO10. The Labute approximate surface area is 578 Å². The SMILES string of the molecule is CCCC/C=C/CC/C=C/CC/C=C/C(O)C(COC1OC(CO)C(O)C(O)C1O)NC(=O)CCCCCCCCCCCCCCCCCCC/C=C\C/C=C\CCCCCCCCCCCCCCCCCOC(=O)CCCCCCC/C=C\C/C=C\CCCCC. The number of allylic oxidation sites excluding steroid dienone is 13. The molecule has 0 aromatic carbocycles. The molecule has 1 rings (SSSR count). The van der Waals surface area contributed by atoms with Crippen LogP contribution < -0.4 is 5.32 Å². The van der Waals surface area contributed by atoms with Crippen LogP contribution in [0.15, 0.2) is 85.1 Å². The monoisotopic (exact) mass is 1320 g/mol. The molecule has 1 aliphatic rings. The second-order valence-corrected chi connectivity index (χ2v) is 27.4. The fourth-order valence-corrected chi connectivity index (χ4v) is 12.2. The maximum atomic E-state index is 13.1. The summed E-state index contributed by atoms with van der Waals surface area (Å²) in [4.78, 5) is 25.1. The highest BCUT2D eigenvalue weighted by Crippen LogP contribution is 2.23. The van der Waals surface area contributed by atoms with Crippen molar-refractivity contribution in [2.45, 2.75) is 410 Å². The van der Waals surface area contributed by atoms with Crippen molar-refractivity contribution in [3.63, 3.8) is 0 Å². The summed E-state index contributed by atoms with van der Waals surface area (Å²) in [6.07, 6.45) is 89.1. The van der Waals surface area contributed by atoms with Gasteiger partial charge in [-0.15, -0.1) is 0 Å². The highest BCUT2D eigenvalue weighted by atomic mass is 16.7. The summed E-state index contributed by atoms with van der Waals surface area (Å²) >= 11 is 0. The van der Waals surface area contributed by atoms with E-state index in [1.165, 1.54) is 257 Å². The van der Waals surface area contributed by atoms with Crippen molar-refractivity contribution in [1.82, 2.24) is 5.32 Å². The number of esters is 1. The van der Waals surface area contributed by atoms with Crippen LogP contribution in [-0.2, 0) is 23.8 Å². The minimum Gasteiger partial charge on any atom is -0.466 e. The van der Waals surface area contributed by atoms with Gasteiger partial charge < -0.3 is 45.1 Å². The van der Waals surface area contributed by atoms with Gasteiger partial charge in [0.25, 0.3) is 0 Å². The van der Waals surface area contributed by atoms with Crippen molar-refractivity contribution in [3.8, 4) is 0 Å². The number of aliphatic hydroxyl groups is 5. The lowest BCUT2D eigenvalue weighted by atomic mass is 9.99. The Morgan fingerprint density at radius 3 is 1.15 bits per heavy atom. The van der Waals surface area contributed by atoms with Crippen LogP contribution in [0.4, 0.5) is 0 Å². The molecule has 0 radical (unpaired) electrons. The molecule has 94 heavy (non-hydrogen) atoms. The summed E-state index contributed by atoms with van der Waals surface area (Å²) in [5, 5.41) is 54.5. The van der Waals surface area contributed by atoms with E-state index >= 15 is 0 Å². The van der Waals surface area contributed by atoms with Gasteiger partial charge in [-0.1, -0.05) is 324 Å². The topological polar surface area (TPSA) is 175 Å². The molecule has 1 heterocycles. The predicted molar refractivity (Wildman–Crippen MR) is 398 cm³/mol. The van der Waals surface area contributed by atoms with Crippen LogP contribution in [0.3, 0.4) is 0 Å². The van der Waals surface area contributed by atoms with Gasteiger partial charge in [0.15, 0.2) is 6.29 Å². The lowest BCUT2D eigenvalue weighted by molar-refractivity contribution is -0.302. The number of carbonyl (C=O) groups excluding carboxylic acids is 2. The molecule has 11 nitrogen and oxygen atoms in total. The van der Waals surface area contributed by atoms with E-state index in [4.69, 9.17) is 14.2 Å². The van der Waals surface area contributed by atoms with E-state index in [2.05, 4.69) is 92.1 Å². The van der Waals surface area contributed by atoms with Crippen LogP contribution in [0.5, 0.6) is 0 Å². The molecule has 0 spiro atoms. The first kappa shape index (κ1) is 88.9. The number of ether oxygens (including phenoxy) is 3. The smallest absolute Gasteiger partial charge is 0.305 e. The normalized spacial score (nSPS) is 17.9. The summed E-state index contributed by atoms with van der Waals surface area (Å²) in [6, 6.07) is -0.834. The highest BCUT2D eigenvalue weighted by Gasteiger charge is 2.44. The number of aliphatic hydroxyl groups excluding tert-OH is 5. The van der Waals surface area contributed by atoms with Crippen LogP contribution in [-0.4, -0.2) is 100 Å². The molecule has 1 saturated heterocycles. The molecule has 1 amide bonds. The largest absolute Gasteiger partial charge is 0.466 e. The van der Waals surface area contributed by atoms with E-state index in [9.17, 15) is 35.1 Å². The maximum Gasteiger partial charge on any atom is 0.305 e. The first-order valence-corrected chi connectivity index (χ1v) is 39.9. The highest BCUT2D eigenvalue weighted by molar-refractivity contribution is 5.76. The second-order valence-electron chi connectivity index (χ2n) is 27.4. The summed E-state index contributed by atoms with van der Waals surface area (Å²) < 4.78 is 16.7. The van der Waals surface area contributed by atoms with Crippen molar-refractivity contribution in [3.05, 3.63) is 85.1 Å². The van der Waals surface area contributed by atoms with Gasteiger partial charge in [0.1, 0.15) is 24.4 Å². The van der Waals surface area contributed by atoms with Crippen molar-refractivity contribution in [1.29, 1.82) is 0 Å². The first-order chi connectivity index (χ1) is 46.2. The third-order valence-electron chi connectivity index (χ3n) is 18.4. The van der Waals surface area contributed by atoms with Crippen LogP contribution in [0.1, 0.15) is 367 Å². The van der Waals surface area contributed by atoms with Crippen molar-refractivity contribution >= 4 is 11.9 Å². The zero-order chi connectivity index (χ0) is 67.9.